The Bertz CT molecular complexity index is 687. The fourth-order valence-corrected chi connectivity index (χ4v) is 1.78. The molecule has 21 heavy (non-hydrogen) atoms. The van der Waals surface area contributed by atoms with Crippen LogP contribution in [0.5, 0.6) is 0 Å². The van der Waals surface area contributed by atoms with Gasteiger partial charge >= 0.3 is 6.18 Å². The zero-order valence-corrected chi connectivity index (χ0v) is 11.2. The lowest BCUT2D eigenvalue weighted by Gasteiger charge is -2.12. The van der Waals surface area contributed by atoms with Crippen LogP contribution in [0, 0.1) is 18.6 Å². The van der Waals surface area contributed by atoms with Crippen molar-refractivity contribution in [2.45, 2.75) is 13.1 Å². The molecule has 0 amide bonds. The molecule has 0 aliphatic heterocycles. The zero-order chi connectivity index (χ0) is 15.8. The third-order valence-corrected chi connectivity index (χ3v) is 2.69. The zero-order valence-electron chi connectivity index (χ0n) is 10.4. The number of nitrogens with one attached hydrogen (secondary N) is 1. The lowest BCUT2D eigenvalue weighted by atomic mass is 10.2. The van der Waals surface area contributed by atoms with Crippen molar-refractivity contribution in [3.8, 4) is 0 Å². The molecule has 3 nitrogen and oxygen atoms in total. The summed E-state index contributed by atoms with van der Waals surface area (Å²) in [4.78, 5) is 7.08. The summed E-state index contributed by atoms with van der Waals surface area (Å²) in [6.07, 6.45) is -4.86. The second-order valence-electron chi connectivity index (χ2n) is 4.06. The molecule has 0 saturated carbocycles. The maximum atomic E-state index is 13.7. The van der Waals surface area contributed by atoms with E-state index in [4.69, 9.17) is 11.6 Å². The molecule has 112 valence electrons. The van der Waals surface area contributed by atoms with Crippen molar-refractivity contribution < 1.29 is 22.0 Å². The number of benzene rings is 1. The molecular formula is C12H7ClF5N3. The Kier molecular flexibility index (Phi) is 3.99. The van der Waals surface area contributed by atoms with Crippen LogP contribution in [0.25, 0.3) is 0 Å². The van der Waals surface area contributed by atoms with Gasteiger partial charge in [0.25, 0.3) is 0 Å². The van der Waals surface area contributed by atoms with Crippen LogP contribution in [0.2, 0.25) is 5.28 Å². The Morgan fingerprint density at radius 2 is 1.81 bits per heavy atom. The van der Waals surface area contributed by atoms with E-state index in [1.54, 1.807) is 0 Å². The largest absolute Gasteiger partial charge is 0.419 e. The van der Waals surface area contributed by atoms with Crippen LogP contribution in [-0.4, -0.2) is 9.97 Å². The molecule has 1 aromatic carbocycles. The average Bonchev–Trinajstić information content (AvgIpc) is 2.36. The number of nitrogens with zero attached hydrogens (tertiary/aromatic N) is 2. The molecule has 0 fully saturated rings. The van der Waals surface area contributed by atoms with E-state index in [1.165, 1.54) is 6.92 Å². The summed E-state index contributed by atoms with van der Waals surface area (Å²) in [7, 11) is 0. The molecule has 1 N–H and O–H groups in total. The first-order chi connectivity index (χ1) is 9.68. The Morgan fingerprint density at radius 1 is 1.14 bits per heavy atom. The standard InChI is InChI=1S/C12H7ClF5N3/c1-5-9(15)10(21-11(13)19-5)20-6-2-3-8(14)7(4-6)12(16,17)18/h2-4H,1H3,(H,19,20,21). The minimum atomic E-state index is -4.86. The first-order valence-electron chi connectivity index (χ1n) is 5.52. The maximum Gasteiger partial charge on any atom is 0.419 e. The van der Waals surface area contributed by atoms with Crippen molar-refractivity contribution in [2.24, 2.45) is 0 Å². The van der Waals surface area contributed by atoms with Crippen molar-refractivity contribution >= 4 is 23.1 Å². The average molecular weight is 324 g/mol. The molecule has 0 radical (unpaired) electrons. The molecule has 1 aromatic heterocycles. The molecule has 1 heterocycles. The predicted molar refractivity (Wildman–Crippen MR) is 66.4 cm³/mol. The highest BCUT2D eigenvalue weighted by Crippen LogP contribution is 2.33. The van der Waals surface area contributed by atoms with E-state index < -0.39 is 29.2 Å². The fraction of sp³-hybridized carbons (Fsp3) is 0.167. The molecule has 9 heteroatoms. The number of aryl methyl sites for hydroxylation is 1. The van der Waals surface area contributed by atoms with Gasteiger partial charge in [0, 0.05) is 5.69 Å². The topological polar surface area (TPSA) is 37.8 Å². The summed E-state index contributed by atoms with van der Waals surface area (Å²) in [6.45, 7) is 1.32. The molecular weight excluding hydrogens is 317 g/mol. The minimum Gasteiger partial charge on any atom is -0.338 e. The summed E-state index contributed by atoms with van der Waals surface area (Å²) in [6, 6.07) is 2.16. The van der Waals surface area contributed by atoms with E-state index in [2.05, 4.69) is 15.3 Å². The number of halogens is 6. The molecule has 0 unspecified atom stereocenters. The number of hydrogen-bond acceptors (Lipinski definition) is 3. The molecule has 2 rings (SSSR count). The molecule has 0 saturated heterocycles. The smallest absolute Gasteiger partial charge is 0.338 e. The van der Waals surface area contributed by atoms with Gasteiger partial charge in [0.15, 0.2) is 11.6 Å². The SMILES string of the molecule is Cc1nc(Cl)nc(Nc2ccc(F)c(C(F)(F)F)c2)c1F. The van der Waals surface area contributed by atoms with E-state index in [0.29, 0.717) is 12.1 Å². The van der Waals surface area contributed by atoms with E-state index in [0.717, 1.165) is 6.07 Å². The highest BCUT2D eigenvalue weighted by Gasteiger charge is 2.34. The Morgan fingerprint density at radius 3 is 2.43 bits per heavy atom. The third-order valence-electron chi connectivity index (χ3n) is 2.52. The van der Waals surface area contributed by atoms with Crippen LogP contribution >= 0.6 is 11.6 Å². The summed E-state index contributed by atoms with van der Waals surface area (Å²) in [5.74, 6) is -2.69. The highest BCUT2D eigenvalue weighted by atomic mass is 35.5. The molecule has 0 bridgehead atoms. The van der Waals surface area contributed by atoms with Crippen molar-refractivity contribution in [3.63, 3.8) is 0 Å². The molecule has 0 atom stereocenters. The first kappa shape index (κ1) is 15.4. The summed E-state index contributed by atoms with van der Waals surface area (Å²) < 4.78 is 64.6. The van der Waals surface area contributed by atoms with E-state index in [1.807, 2.05) is 0 Å². The third kappa shape index (κ3) is 3.38. The van der Waals surface area contributed by atoms with Gasteiger partial charge in [-0.05, 0) is 36.7 Å². The lowest BCUT2D eigenvalue weighted by Crippen LogP contribution is -2.09. The van der Waals surface area contributed by atoms with E-state index in [-0.39, 0.29) is 16.7 Å². The second-order valence-corrected chi connectivity index (χ2v) is 4.40. The van der Waals surface area contributed by atoms with Crippen LogP contribution in [0.15, 0.2) is 18.2 Å². The number of aromatic nitrogens is 2. The van der Waals surface area contributed by atoms with Gasteiger partial charge in [0.1, 0.15) is 5.82 Å². The number of anilines is 2. The number of hydrogen-bond donors (Lipinski definition) is 1. The Hall–Kier alpha value is -1.96. The van der Waals surface area contributed by atoms with Gasteiger partial charge in [-0.2, -0.15) is 18.2 Å². The summed E-state index contributed by atoms with van der Waals surface area (Å²) >= 11 is 5.55. The second kappa shape index (κ2) is 5.44. The van der Waals surface area contributed by atoms with Gasteiger partial charge in [-0.15, -0.1) is 0 Å². The Balaban J connectivity index is 2.41. The summed E-state index contributed by atoms with van der Waals surface area (Å²) in [5, 5.41) is 2.05. The van der Waals surface area contributed by atoms with Crippen LogP contribution in [0.4, 0.5) is 33.5 Å². The molecule has 0 aliphatic rings. The van der Waals surface area contributed by atoms with Crippen LogP contribution in [-0.2, 0) is 6.18 Å². The van der Waals surface area contributed by atoms with Crippen molar-refractivity contribution in [1.29, 1.82) is 0 Å². The number of rotatable bonds is 2. The lowest BCUT2D eigenvalue weighted by molar-refractivity contribution is -0.139. The van der Waals surface area contributed by atoms with Gasteiger partial charge in [-0.3, -0.25) is 0 Å². The van der Waals surface area contributed by atoms with E-state index >= 15 is 0 Å². The molecule has 2 aromatic rings. The van der Waals surface area contributed by atoms with Gasteiger partial charge in [0.2, 0.25) is 5.28 Å². The monoisotopic (exact) mass is 323 g/mol. The highest BCUT2D eigenvalue weighted by molar-refractivity contribution is 6.28. The summed E-state index contributed by atoms with van der Waals surface area (Å²) in [5.41, 5.74) is -1.72. The molecule has 0 spiro atoms. The minimum absolute atomic E-state index is 0.0735. The van der Waals surface area contributed by atoms with Gasteiger partial charge in [-0.25, -0.2) is 13.8 Å². The van der Waals surface area contributed by atoms with Crippen molar-refractivity contribution in [3.05, 3.63) is 46.4 Å². The van der Waals surface area contributed by atoms with Gasteiger partial charge in [-0.1, -0.05) is 0 Å². The first-order valence-corrected chi connectivity index (χ1v) is 5.89. The normalized spacial score (nSPS) is 11.6. The fourth-order valence-electron chi connectivity index (χ4n) is 1.56. The van der Waals surface area contributed by atoms with Gasteiger partial charge in [0.05, 0.1) is 11.3 Å². The Labute approximate surface area is 120 Å². The van der Waals surface area contributed by atoms with E-state index in [9.17, 15) is 22.0 Å². The van der Waals surface area contributed by atoms with Gasteiger partial charge < -0.3 is 5.32 Å². The number of alkyl halides is 3. The molecule has 0 aliphatic carbocycles. The van der Waals surface area contributed by atoms with Crippen LogP contribution < -0.4 is 5.32 Å². The quantitative estimate of drug-likeness (QED) is 0.654. The maximum absolute atomic E-state index is 13.7. The van der Waals surface area contributed by atoms with Crippen LogP contribution in [0.3, 0.4) is 0 Å². The predicted octanol–water partition coefficient (Wildman–Crippen LogP) is 4.48. The van der Waals surface area contributed by atoms with Crippen molar-refractivity contribution in [2.75, 3.05) is 5.32 Å². The van der Waals surface area contributed by atoms with Crippen LogP contribution in [0.1, 0.15) is 11.3 Å². The van der Waals surface area contributed by atoms with Crippen molar-refractivity contribution in [1.82, 2.24) is 9.97 Å².